The van der Waals surface area contributed by atoms with Crippen molar-refractivity contribution in [3.63, 3.8) is 0 Å². The molecular weight excluding hydrogens is 324 g/mol. The van der Waals surface area contributed by atoms with Crippen LogP contribution in [0.4, 0.5) is 5.82 Å². The molecule has 1 amide bonds. The molecular formula is C18H24N2O3S. The standard InChI is InChI=1S/C18H24N2O3S/c1-12-3-2-4-16(19-12)20-17(21)11-24(22,23)18-8-13-5-14(9-18)7-15(6-13)10-18/h2-4,13-15H,5-11H2,1H3,(H,19,20,21). The van der Waals surface area contributed by atoms with Crippen LogP contribution in [0.1, 0.15) is 44.2 Å². The van der Waals surface area contributed by atoms with E-state index in [-0.39, 0.29) is 0 Å². The molecule has 1 N–H and O–H groups in total. The van der Waals surface area contributed by atoms with Gasteiger partial charge in [0.25, 0.3) is 0 Å². The molecule has 0 aromatic carbocycles. The van der Waals surface area contributed by atoms with E-state index in [1.165, 1.54) is 19.3 Å². The number of anilines is 1. The highest BCUT2D eigenvalue weighted by Crippen LogP contribution is 2.58. The van der Waals surface area contributed by atoms with Gasteiger partial charge in [0.05, 0.1) is 4.75 Å². The zero-order valence-electron chi connectivity index (χ0n) is 14.0. The number of carbonyl (C=O) groups is 1. The monoisotopic (exact) mass is 348 g/mol. The van der Waals surface area contributed by atoms with Gasteiger partial charge in [0.2, 0.25) is 5.91 Å². The highest BCUT2D eigenvalue weighted by atomic mass is 32.2. The predicted octanol–water partition coefficient (Wildman–Crippen LogP) is 2.71. The smallest absolute Gasteiger partial charge is 0.240 e. The van der Waals surface area contributed by atoms with Crippen LogP contribution >= 0.6 is 0 Å². The van der Waals surface area contributed by atoms with Crippen molar-refractivity contribution in [2.24, 2.45) is 17.8 Å². The van der Waals surface area contributed by atoms with Crippen LogP contribution in [0.3, 0.4) is 0 Å². The summed E-state index contributed by atoms with van der Waals surface area (Å²) < 4.78 is 25.5. The van der Waals surface area contributed by atoms with E-state index in [1.54, 1.807) is 12.1 Å². The van der Waals surface area contributed by atoms with E-state index >= 15 is 0 Å². The molecule has 5 nitrogen and oxygen atoms in total. The first-order chi connectivity index (χ1) is 11.4. The second-order valence-electron chi connectivity index (χ2n) is 8.07. The average molecular weight is 348 g/mol. The van der Waals surface area contributed by atoms with Gasteiger partial charge in [-0.1, -0.05) is 6.07 Å². The molecule has 4 aliphatic rings. The van der Waals surface area contributed by atoms with Gasteiger partial charge >= 0.3 is 0 Å². The van der Waals surface area contributed by atoms with Gasteiger partial charge in [-0.25, -0.2) is 13.4 Å². The summed E-state index contributed by atoms with van der Waals surface area (Å²) in [6.07, 6.45) is 5.85. The average Bonchev–Trinajstić information content (AvgIpc) is 2.44. The summed E-state index contributed by atoms with van der Waals surface area (Å²) in [5, 5.41) is 2.64. The molecule has 4 fully saturated rings. The van der Waals surface area contributed by atoms with Gasteiger partial charge in [0, 0.05) is 5.69 Å². The Morgan fingerprint density at radius 1 is 1.17 bits per heavy atom. The molecule has 1 aromatic heterocycles. The van der Waals surface area contributed by atoms with Crippen molar-refractivity contribution < 1.29 is 13.2 Å². The maximum absolute atomic E-state index is 13.1. The van der Waals surface area contributed by atoms with Crippen molar-refractivity contribution in [1.29, 1.82) is 0 Å². The Morgan fingerprint density at radius 2 is 1.75 bits per heavy atom. The largest absolute Gasteiger partial charge is 0.310 e. The quantitative estimate of drug-likeness (QED) is 0.908. The Balaban J connectivity index is 1.50. The van der Waals surface area contributed by atoms with Gasteiger partial charge < -0.3 is 5.32 Å². The minimum atomic E-state index is -3.45. The highest BCUT2D eigenvalue weighted by Gasteiger charge is 2.57. The van der Waals surface area contributed by atoms with Crippen LogP contribution in [0.15, 0.2) is 18.2 Å². The van der Waals surface area contributed by atoms with Crippen LogP contribution in [0.5, 0.6) is 0 Å². The lowest BCUT2D eigenvalue weighted by atomic mass is 9.56. The molecule has 0 spiro atoms. The molecule has 0 saturated heterocycles. The van der Waals surface area contributed by atoms with Gasteiger partial charge in [-0.3, -0.25) is 4.79 Å². The zero-order chi connectivity index (χ0) is 16.9. The number of rotatable bonds is 4. The van der Waals surface area contributed by atoms with E-state index in [0.717, 1.165) is 25.0 Å². The Labute approximate surface area is 143 Å². The normalized spacial score (nSPS) is 34.3. The molecule has 130 valence electrons. The Morgan fingerprint density at radius 3 is 2.29 bits per heavy atom. The summed E-state index contributed by atoms with van der Waals surface area (Å²) in [6, 6.07) is 5.32. The zero-order valence-corrected chi connectivity index (χ0v) is 14.8. The van der Waals surface area contributed by atoms with Crippen molar-refractivity contribution in [3.05, 3.63) is 23.9 Å². The van der Waals surface area contributed by atoms with Crippen molar-refractivity contribution in [1.82, 2.24) is 4.98 Å². The molecule has 0 atom stereocenters. The molecule has 4 saturated carbocycles. The lowest BCUT2D eigenvalue weighted by Crippen LogP contribution is -2.56. The number of sulfone groups is 1. The van der Waals surface area contributed by atoms with Crippen LogP contribution in [0, 0.1) is 24.7 Å². The maximum atomic E-state index is 13.1. The number of amides is 1. The predicted molar refractivity (Wildman–Crippen MR) is 92.3 cm³/mol. The molecule has 4 aliphatic carbocycles. The number of nitrogens with zero attached hydrogens (tertiary/aromatic N) is 1. The third-order valence-electron chi connectivity index (χ3n) is 6.12. The molecule has 0 radical (unpaired) electrons. The van der Waals surface area contributed by atoms with Gasteiger partial charge in [0.15, 0.2) is 9.84 Å². The lowest BCUT2D eigenvalue weighted by Gasteiger charge is -2.55. The second-order valence-corrected chi connectivity index (χ2v) is 10.5. The summed E-state index contributed by atoms with van der Waals surface area (Å²) >= 11 is 0. The summed E-state index contributed by atoms with van der Waals surface area (Å²) in [4.78, 5) is 16.5. The van der Waals surface area contributed by atoms with Gasteiger partial charge in [-0.2, -0.15) is 0 Å². The van der Waals surface area contributed by atoms with E-state index in [9.17, 15) is 13.2 Å². The van der Waals surface area contributed by atoms with Crippen LogP contribution < -0.4 is 5.32 Å². The highest BCUT2D eigenvalue weighted by molar-refractivity contribution is 7.93. The topological polar surface area (TPSA) is 76.1 Å². The van der Waals surface area contributed by atoms with Gasteiger partial charge in [-0.05, 0) is 75.3 Å². The molecule has 0 aliphatic heterocycles. The first kappa shape index (κ1) is 16.1. The molecule has 6 heteroatoms. The Hall–Kier alpha value is -1.43. The fraction of sp³-hybridized carbons (Fsp3) is 0.667. The first-order valence-electron chi connectivity index (χ1n) is 8.81. The maximum Gasteiger partial charge on any atom is 0.240 e. The van der Waals surface area contributed by atoms with Crippen molar-refractivity contribution in [2.75, 3.05) is 11.1 Å². The minimum absolute atomic E-state index is 0.417. The third kappa shape index (κ3) is 2.75. The minimum Gasteiger partial charge on any atom is -0.310 e. The summed E-state index contributed by atoms with van der Waals surface area (Å²) in [5.74, 6) is 1.17. The third-order valence-corrected chi connectivity index (χ3v) is 8.58. The van der Waals surface area contributed by atoms with Crippen LogP contribution in [0.2, 0.25) is 0 Å². The van der Waals surface area contributed by atoms with Gasteiger partial charge in [-0.15, -0.1) is 0 Å². The molecule has 4 bridgehead atoms. The first-order valence-corrected chi connectivity index (χ1v) is 10.5. The molecule has 1 aromatic rings. The van der Waals surface area contributed by atoms with Crippen LogP contribution in [0.25, 0.3) is 0 Å². The number of aryl methyl sites for hydroxylation is 1. The molecule has 5 rings (SSSR count). The summed E-state index contributed by atoms with van der Waals surface area (Å²) in [6.45, 7) is 1.84. The SMILES string of the molecule is Cc1cccc(NC(=O)CS(=O)(=O)C23CC4CC(CC(C4)C2)C3)n1. The molecule has 1 heterocycles. The number of pyridine rings is 1. The van der Waals surface area contributed by atoms with E-state index < -0.39 is 26.2 Å². The van der Waals surface area contributed by atoms with Crippen molar-refractivity contribution >= 4 is 21.6 Å². The van der Waals surface area contributed by atoms with E-state index in [0.29, 0.717) is 23.6 Å². The van der Waals surface area contributed by atoms with Crippen LogP contribution in [-0.2, 0) is 14.6 Å². The Kier molecular flexibility index (Phi) is 3.71. The second kappa shape index (κ2) is 5.55. The number of nitrogens with one attached hydrogen (secondary N) is 1. The van der Waals surface area contributed by atoms with E-state index in [1.807, 2.05) is 13.0 Å². The Bertz CT molecular complexity index is 737. The number of carbonyl (C=O) groups excluding carboxylic acids is 1. The number of hydrogen-bond acceptors (Lipinski definition) is 4. The molecule has 24 heavy (non-hydrogen) atoms. The molecule has 0 unspecified atom stereocenters. The lowest BCUT2D eigenvalue weighted by molar-refractivity contribution is -0.114. The van der Waals surface area contributed by atoms with E-state index in [2.05, 4.69) is 10.3 Å². The summed E-state index contributed by atoms with van der Waals surface area (Å²) in [5.41, 5.74) is 0.789. The van der Waals surface area contributed by atoms with Crippen molar-refractivity contribution in [2.45, 2.75) is 50.2 Å². The fourth-order valence-corrected chi connectivity index (χ4v) is 7.72. The van der Waals surface area contributed by atoms with E-state index in [4.69, 9.17) is 0 Å². The number of aromatic nitrogens is 1. The summed E-state index contributed by atoms with van der Waals surface area (Å²) in [7, 11) is -3.45. The fourth-order valence-electron chi connectivity index (χ4n) is 5.53. The van der Waals surface area contributed by atoms with Gasteiger partial charge in [0.1, 0.15) is 11.6 Å². The van der Waals surface area contributed by atoms with Crippen molar-refractivity contribution in [3.8, 4) is 0 Å². The van der Waals surface area contributed by atoms with Crippen LogP contribution in [-0.4, -0.2) is 29.8 Å². The number of hydrogen-bond donors (Lipinski definition) is 1.